The van der Waals surface area contributed by atoms with Crippen molar-refractivity contribution in [2.45, 2.75) is 6.61 Å². The van der Waals surface area contributed by atoms with Crippen LogP contribution in [0.2, 0.25) is 5.02 Å². The van der Waals surface area contributed by atoms with Crippen LogP contribution in [0.5, 0.6) is 0 Å². The van der Waals surface area contributed by atoms with E-state index in [1.165, 1.54) is 0 Å². The van der Waals surface area contributed by atoms with Crippen molar-refractivity contribution in [2.75, 3.05) is 0 Å². The fourth-order valence-corrected chi connectivity index (χ4v) is 3.77. The molecule has 0 fully saturated rings. The lowest BCUT2D eigenvalue weighted by Gasteiger charge is -2.08. The molecule has 2 aromatic carbocycles. The third-order valence-corrected chi connectivity index (χ3v) is 5.16. The summed E-state index contributed by atoms with van der Waals surface area (Å²) in [4.78, 5) is 4.82. The molecule has 4 rings (SSSR count). The van der Waals surface area contributed by atoms with Gasteiger partial charge in [-0.1, -0.05) is 11.6 Å². The third-order valence-electron chi connectivity index (χ3n) is 4.25. The number of pyridine rings is 1. The van der Waals surface area contributed by atoms with E-state index in [0.717, 1.165) is 42.2 Å². The number of hydrogen-bond donors (Lipinski definition) is 1. The molecule has 24 heavy (non-hydrogen) atoms. The van der Waals surface area contributed by atoms with Gasteiger partial charge in [-0.3, -0.25) is 0 Å². The molecule has 0 spiro atoms. The van der Waals surface area contributed by atoms with Crippen molar-refractivity contribution in [1.29, 1.82) is 0 Å². The van der Waals surface area contributed by atoms with Gasteiger partial charge in [0.2, 0.25) is 0 Å². The molecule has 2 heterocycles. The molecule has 0 aliphatic carbocycles. The highest BCUT2D eigenvalue weighted by atomic mass is 127. The topological polar surface area (TPSA) is 38.0 Å². The van der Waals surface area contributed by atoms with Gasteiger partial charge in [0.05, 0.1) is 17.8 Å². The average molecular weight is 449 g/mol. The molecule has 0 saturated carbocycles. The molecule has 2 aromatic heterocycles. The second-order valence-electron chi connectivity index (χ2n) is 5.80. The number of halogens is 2. The standard InChI is InChI=1S/C19H14ClIN2O/c1-23-9-16(15-7-12(20)2-5-19(15)23)18-6-11(10-24)14-8-13(21)3-4-17(14)22-18/h2-9,24H,10H2,1H3. The van der Waals surface area contributed by atoms with Gasteiger partial charge < -0.3 is 9.67 Å². The second-order valence-corrected chi connectivity index (χ2v) is 7.48. The zero-order valence-electron chi connectivity index (χ0n) is 12.9. The highest BCUT2D eigenvalue weighted by molar-refractivity contribution is 14.1. The molecule has 0 aliphatic rings. The number of nitrogens with zero attached hydrogens (tertiary/aromatic N) is 2. The van der Waals surface area contributed by atoms with Crippen molar-refractivity contribution >= 4 is 56.0 Å². The highest BCUT2D eigenvalue weighted by Gasteiger charge is 2.13. The lowest BCUT2D eigenvalue weighted by molar-refractivity contribution is 0.283. The molecule has 0 unspecified atom stereocenters. The summed E-state index contributed by atoms with van der Waals surface area (Å²) >= 11 is 8.46. The molecule has 1 N–H and O–H groups in total. The molecule has 4 aromatic rings. The van der Waals surface area contributed by atoms with E-state index < -0.39 is 0 Å². The first-order chi connectivity index (χ1) is 11.6. The number of hydrogen-bond acceptors (Lipinski definition) is 2. The normalized spacial score (nSPS) is 11.5. The van der Waals surface area contributed by atoms with Crippen molar-refractivity contribution in [3.05, 3.63) is 62.8 Å². The van der Waals surface area contributed by atoms with Gasteiger partial charge >= 0.3 is 0 Å². The molecule has 3 nitrogen and oxygen atoms in total. The molecular formula is C19H14ClIN2O. The third kappa shape index (κ3) is 2.59. The Kier molecular flexibility index (Phi) is 3.98. The summed E-state index contributed by atoms with van der Waals surface area (Å²) < 4.78 is 3.20. The van der Waals surface area contributed by atoms with Gasteiger partial charge in [0.1, 0.15) is 0 Å². The van der Waals surface area contributed by atoms with Crippen LogP contribution in [0.4, 0.5) is 0 Å². The van der Waals surface area contributed by atoms with E-state index in [9.17, 15) is 5.11 Å². The Hall–Kier alpha value is -1.63. The molecule has 0 amide bonds. The Morgan fingerprint density at radius 1 is 1.12 bits per heavy atom. The fourth-order valence-electron chi connectivity index (χ4n) is 3.10. The maximum atomic E-state index is 9.80. The minimum atomic E-state index is -0.0162. The van der Waals surface area contributed by atoms with Crippen LogP contribution in [0.3, 0.4) is 0 Å². The number of aliphatic hydroxyl groups is 1. The largest absolute Gasteiger partial charge is 0.392 e. The van der Waals surface area contributed by atoms with Gasteiger partial charge in [-0.15, -0.1) is 0 Å². The molecule has 0 bridgehead atoms. The number of aryl methyl sites for hydroxylation is 1. The number of aliphatic hydroxyl groups excluding tert-OH is 1. The summed E-state index contributed by atoms with van der Waals surface area (Å²) in [5.74, 6) is 0. The van der Waals surface area contributed by atoms with Crippen LogP contribution < -0.4 is 0 Å². The quantitative estimate of drug-likeness (QED) is 0.431. The van der Waals surface area contributed by atoms with Crippen molar-refractivity contribution < 1.29 is 5.11 Å². The second kappa shape index (κ2) is 6.02. The molecular weight excluding hydrogens is 435 g/mol. The maximum Gasteiger partial charge on any atom is 0.0734 e. The van der Waals surface area contributed by atoms with E-state index in [4.69, 9.17) is 16.6 Å². The average Bonchev–Trinajstić information content (AvgIpc) is 2.90. The van der Waals surface area contributed by atoms with Crippen molar-refractivity contribution in [3.8, 4) is 11.3 Å². The van der Waals surface area contributed by atoms with E-state index in [0.29, 0.717) is 5.02 Å². The van der Waals surface area contributed by atoms with Gasteiger partial charge in [-0.2, -0.15) is 0 Å². The van der Waals surface area contributed by atoms with E-state index in [1.54, 1.807) is 0 Å². The Bertz CT molecular complexity index is 1090. The minimum Gasteiger partial charge on any atom is -0.392 e. The summed E-state index contributed by atoms with van der Waals surface area (Å²) in [7, 11) is 2.01. The van der Waals surface area contributed by atoms with Crippen LogP contribution in [-0.2, 0) is 13.7 Å². The van der Waals surface area contributed by atoms with Crippen LogP contribution >= 0.6 is 34.2 Å². The monoisotopic (exact) mass is 448 g/mol. The minimum absolute atomic E-state index is 0.0162. The van der Waals surface area contributed by atoms with Gasteiger partial charge in [0.25, 0.3) is 0 Å². The van der Waals surface area contributed by atoms with Crippen molar-refractivity contribution in [1.82, 2.24) is 9.55 Å². The zero-order valence-corrected chi connectivity index (χ0v) is 15.8. The lowest BCUT2D eigenvalue weighted by Crippen LogP contribution is -1.93. The van der Waals surface area contributed by atoms with Crippen molar-refractivity contribution in [3.63, 3.8) is 0 Å². The van der Waals surface area contributed by atoms with E-state index >= 15 is 0 Å². The molecule has 120 valence electrons. The van der Waals surface area contributed by atoms with Crippen LogP contribution in [0.15, 0.2) is 48.7 Å². The van der Waals surface area contributed by atoms with Crippen LogP contribution in [-0.4, -0.2) is 14.7 Å². The van der Waals surface area contributed by atoms with Crippen molar-refractivity contribution in [2.24, 2.45) is 7.05 Å². The summed E-state index contributed by atoms with van der Waals surface area (Å²) in [6.07, 6.45) is 2.06. The summed E-state index contributed by atoms with van der Waals surface area (Å²) in [6.45, 7) is -0.0162. The van der Waals surface area contributed by atoms with Crippen LogP contribution in [0.25, 0.3) is 33.1 Å². The number of benzene rings is 2. The summed E-state index contributed by atoms with van der Waals surface area (Å²) in [5, 5.41) is 12.6. The smallest absolute Gasteiger partial charge is 0.0734 e. The predicted octanol–water partition coefficient (Wildman–Crippen LogP) is 5.14. The lowest BCUT2D eigenvalue weighted by atomic mass is 10.0. The first-order valence-corrected chi connectivity index (χ1v) is 8.97. The number of fused-ring (bicyclic) bond motifs is 2. The maximum absolute atomic E-state index is 9.80. The number of rotatable bonds is 2. The van der Waals surface area contributed by atoms with E-state index in [2.05, 4.69) is 39.4 Å². The van der Waals surface area contributed by atoms with Gasteiger partial charge in [0, 0.05) is 43.7 Å². The summed E-state index contributed by atoms with van der Waals surface area (Å²) in [6, 6.07) is 13.9. The molecule has 0 atom stereocenters. The van der Waals surface area contributed by atoms with Crippen LogP contribution in [0.1, 0.15) is 5.56 Å². The van der Waals surface area contributed by atoms with Gasteiger partial charge in [-0.25, -0.2) is 4.98 Å². The molecule has 0 saturated heterocycles. The first kappa shape index (κ1) is 15.9. The summed E-state index contributed by atoms with van der Waals surface area (Å²) in [5.41, 5.74) is 4.73. The fraction of sp³-hybridized carbons (Fsp3) is 0.105. The molecule has 0 radical (unpaired) electrons. The van der Waals surface area contributed by atoms with E-state index in [1.807, 2.05) is 43.4 Å². The first-order valence-electron chi connectivity index (χ1n) is 7.52. The van der Waals surface area contributed by atoms with E-state index in [-0.39, 0.29) is 6.61 Å². The molecule has 0 aliphatic heterocycles. The number of aromatic nitrogens is 2. The predicted molar refractivity (Wildman–Crippen MR) is 107 cm³/mol. The SMILES string of the molecule is Cn1cc(-c2cc(CO)c3cc(I)ccc3n2)c2cc(Cl)ccc21. The highest BCUT2D eigenvalue weighted by Crippen LogP contribution is 2.33. The Morgan fingerprint density at radius 2 is 1.96 bits per heavy atom. The Morgan fingerprint density at radius 3 is 2.75 bits per heavy atom. The van der Waals surface area contributed by atoms with Crippen LogP contribution in [0, 0.1) is 3.57 Å². The van der Waals surface area contributed by atoms with Gasteiger partial charge in [0.15, 0.2) is 0 Å². The van der Waals surface area contributed by atoms with Gasteiger partial charge in [-0.05, 0) is 70.6 Å². The Balaban J connectivity index is 2.03. The zero-order chi connectivity index (χ0) is 16.8. The Labute approximate surface area is 158 Å². The molecule has 5 heteroatoms.